The molecular formula is C6H5F2NO2S. The molecule has 1 aromatic carbocycles. The fourth-order valence-electron chi connectivity index (χ4n) is 0.658. The van der Waals surface area contributed by atoms with Gasteiger partial charge in [0.05, 0.1) is 4.90 Å². The van der Waals surface area contributed by atoms with Gasteiger partial charge in [0.2, 0.25) is 0 Å². The zero-order valence-corrected chi connectivity index (χ0v) is 6.61. The smallest absolute Gasteiger partial charge is 0.207 e. The molecule has 0 aliphatic heterocycles. The number of hydrogen-bond acceptors (Lipinski definition) is 2. The maximum Gasteiger partial charge on any atom is 0.266 e. The normalized spacial score (nSPS) is 11.5. The Balaban J connectivity index is 3.14. The Labute approximate surface area is 68.0 Å². The van der Waals surface area contributed by atoms with Gasteiger partial charge in [-0.05, 0) is 29.2 Å². The van der Waals surface area contributed by atoms with Gasteiger partial charge in [-0.3, -0.25) is 0 Å². The van der Waals surface area contributed by atoms with Crippen molar-refractivity contribution < 1.29 is 17.3 Å². The molecule has 0 spiro atoms. The molecule has 1 N–H and O–H groups in total. The first kappa shape index (κ1) is 9.08. The van der Waals surface area contributed by atoms with Crippen LogP contribution in [-0.2, 0) is 10.0 Å². The van der Waals surface area contributed by atoms with Crippen molar-refractivity contribution in [3.63, 3.8) is 0 Å². The molecule has 1 aromatic rings. The highest BCUT2D eigenvalue weighted by atomic mass is 32.2. The Bertz CT molecular complexity index is 360. The second-order valence-electron chi connectivity index (χ2n) is 2.03. The van der Waals surface area contributed by atoms with Crippen LogP contribution in [0.3, 0.4) is 0 Å². The Morgan fingerprint density at radius 1 is 1.17 bits per heavy atom. The molecule has 0 unspecified atom stereocenters. The van der Waals surface area contributed by atoms with Crippen LogP contribution in [0.15, 0.2) is 29.2 Å². The predicted octanol–water partition coefficient (Wildman–Crippen LogP) is 0.989. The van der Waals surface area contributed by atoms with Crippen LogP contribution in [0.4, 0.5) is 8.87 Å². The van der Waals surface area contributed by atoms with Gasteiger partial charge >= 0.3 is 0 Å². The summed E-state index contributed by atoms with van der Waals surface area (Å²) in [5, 5.41) is 0. The molecule has 0 fully saturated rings. The summed E-state index contributed by atoms with van der Waals surface area (Å²) in [6, 6.07) is 3.81. The van der Waals surface area contributed by atoms with Gasteiger partial charge in [0, 0.05) is 0 Å². The molecule has 0 aromatic heterocycles. The Kier molecular flexibility index (Phi) is 2.39. The lowest BCUT2D eigenvalue weighted by Crippen LogP contribution is -2.14. The molecule has 0 amide bonds. The quantitative estimate of drug-likeness (QED) is 0.712. The Morgan fingerprint density at radius 2 is 1.67 bits per heavy atom. The summed E-state index contributed by atoms with van der Waals surface area (Å²) in [7, 11) is -4.10. The summed E-state index contributed by atoms with van der Waals surface area (Å²) in [5.41, 5.74) is 0. The molecule has 12 heavy (non-hydrogen) atoms. The molecule has 1 rings (SSSR count). The molecule has 0 atom stereocenters. The predicted molar refractivity (Wildman–Crippen MR) is 37.8 cm³/mol. The van der Waals surface area contributed by atoms with E-state index in [0.717, 1.165) is 24.3 Å². The van der Waals surface area contributed by atoms with E-state index in [-0.39, 0.29) is 4.90 Å². The average molecular weight is 193 g/mol. The number of benzene rings is 1. The largest absolute Gasteiger partial charge is 0.266 e. The fraction of sp³-hybridized carbons (Fsp3) is 0. The van der Waals surface area contributed by atoms with E-state index in [9.17, 15) is 17.3 Å². The molecule has 0 saturated heterocycles. The van der Waals surface area contributed by atoms with E-state index in [4.69, 9.17) is 0 Å². The van der Waals surface area contributed by atoms with Gasteiger partial charge in [0.1, 0.15) is 5.82 Å². The highest BCUT2D eigenvalue weighted by molar-refractivity contribution is 7.89. The number of nitrogens with one attached hydrogen (secondary N) is 1. The SMILES string of the molecule is O=S(=O)(NF)c1ccc(F)cc1. The molecule has 0 saturated carbocycles. The van der Waals surface area contributed by atoms with Gasteiger partial charge in [-0.15, -0.1) is 4.48 Å². The number of hydrogen-bond donors (Lipinski definition) is 1. The van der Waals surface area contributed by atoms with Crippen LogP contribution < -0.4 is 4.94 Å². The lowest BCUT2D eigenvalue weighted by molar-refractivity contribution is 0.425. The number of rotatable bonds is 2. The maximum absolute atomic E-state index is 12.3. The van der Waals surface area contributed by atoms with Crippen molar-refractivity contribution in [2.45, 2.75) is 4.90 Å². The van der Waals surface area contributed by atoms with Crippen molar-refractivity contribution in [2.75, 3.05) is 0 Å². The van der Waals surface area contributed by atoms with Crippen LogP contribution in [0.2, 0.25) is 0 Å². The van der Waals surface area contributed by atoms with Crippen molar-refractivity contribution in [1.82, 2.24) is 4.94 Å². The van der Waals surface area contributed by atoms with Gasteiger partial charge in [-0.1, -0.05) is 0 Å². The first-order valence-electron chi connectivity index (χ1n) is 2.94. The number of sulfonamides is 1. The van der Waals surface area contributed by atoms with Crippen molar-refractivity contribution in [2.24, 2.45) is 0 Å². The molecule has 0 aliphatic rings. The van der Waals surface area contributed by atoms with E-state index in [0.29, 0.717) is 4.94 Å². The van der Waals surface area contributed by atoms with Crippen LogP contribution in [0.1, 0.15) is 0 Å². The minimum absolute atomic E-state index is 0.314. The lowest BCUT2D eigenvalue weighted by atomic mass is 10.4. The lowest BCUT2D eigenvalue weighted by Gasteiger charge is -1.97. The molecule has 0 aliphatic carbocycles. The van der Waals surface area contributed by atoms with E-state index in [2.05, 4.69) is 0 Å². The topological polar surface area (TPSA) is 46.2 Å². The zero-order chi connectivity index (χ0) is 9.19. The number of halogens is 2. The molecule has 66 valence electrons. The van der Waals surface area contributed by atoms with Crippen molar-refractivity contribution in [3.05, 3.63) is 30.1 Å². The van der Waals surface area contributed by atoms with E-state index in [1.54, 1.807) is 0 Å². The summed E-state index contributed by atoms with van der Waals surface area (Å²) < 4.78 is 45.3. The van der Waals surface area contributed by atoms with Crippen molar-refractivity contribution >= 4 is 10.0 Å². The third kappa shape index (κ3) is 1.77. The highest BCUT2D eigenvalue weighted by Crippen LogP contribution is 2.08. The second kappa shape index (κ2) is 3.16. The highest BCUT2D eigenvalue weighted by Gasteiger charge is 2.12. The summed E-state index contributed by atoms with van der Waals surface area (Å²) in [6.07, 6.45) is 0. The summed E-state index contributed by atoms with van der Waals surface area (Å²) in [6.45, 7) is 0. The van der Waals surface area contributed by atoms with Crippen LogP contribution in [-0.4, -0.2) is 8.42 Å². The molecule has 0 bridgehead atoms. The van der Waals surface area contributed by atoms with Gasteiger partial charge in [0.25, 0.3) is 10.0 Å². The summed E-state index contributed by atoms with van der Waals surface area (Å²) in [5.74, 6) is -0.576. The monoisotopic (exact) mass is 193 g/mol. The minimum Gasteiger partial charge on any atom is -0.207 e. The fourth-order valence-corrected chi connectivity index (χ4v) is 1.24. The second-order valence-corrected chi connectivity index (χ2v) is 3.67. The van der Waals surface area contributed by atoms with E-state index >= 15 is 0 Å². The summed E-state index contributed by atoms with van der Waals surface area (Å²) in [4.78, 5) is 0.313. The van der Waals surface area contributed by atoms with Crippen LogP contribution >= 0.6 is 0 Å². The van der Waals surface area contributed by atoms with Crippen molar-refractivity contribution in [3.8, 4) is 0 Å². The third-order valence-corrected chi connectivity index (χ3v) is 2.32. The standard InChI is InChI=1S/C6H5F2NO2S/c7-5-1-3-6(4-2-5)12(10,11)9-8/h1-4,9H. The van der Waals surface area contributed by atoms with Gasteiger partial charge < -0.3 is 0 Å². The molecule has 3 nitrogen and oxygen atoms in total. The minimum atomic E-state index is -4.10. The van der Waals surface area contributed by atoms with Crippen LogP contribution in [0, 0.1) is 5.82 Å². The van der Waals surface area contributed by atoms with E-state index < -0.39 is 15.8 Å². The molecular weight excluding hydrogens is 188 g/mol. The zero-order valence-electron chi connectivity index (χ0n) is 5.79. The van der Waals surface area contributed by atoms with Gasteiger partial charge in [-0.2, -0.15) is 0 Å². The third-order valence-electron chi connectivity index (χ3n) is 1.23. The first-order valence-corrected chi connectivity index (χ1v) is 4.42. The molecule has 0 heterocycles. The van der Waals surface area contributed by atoms with Crippen molar-refractivity contribution in [1.29, 1.82) is 0 Å². The molecule has 6 heteroatoms. The van der Waals surface area contributed by atoms with E-state index in [1.807, 2.05) is 0 Å². The van der Waals surface area contributed by atoms with E-state index in [1.165, 1.54) is 0 Å². The molecule has 0 radical (unpaired) electrons. The Hall–Kier alpha value is -1.01. The summed E-state index contributed by atoms with van der Waals surface area (Å²) >= 11 is 0. The van der Waals surface area contributed by atoms with Crippen LogP contribution in [0.5, 0.6) is 0 Å². The first-order chi connectivity index (χ1) is 5.56. The average Bonchev–Trinajstić information content (AvgIpc) is 2.05. The van der Waals surface area contributed by atoms with Crippen LogP contribution in [0.25, 0.3) is 0 Å². The maximum atomic E-state index is 12.3. The Morgan fingerprint density at radius 3 is 2.08 bits per heavy atom. The van der Waals surface area contributed by atoms with Gasteiger partial charge in [0.15, 0.2) is 0 Å². The van der Waals surface area contributed by atoms with Gasteiger partial charge in [-0.25, -0.2) is 12.8 Å².